The SMILES string of the molecule is CC(C)CCC[C@@H](C)[C@H]1CC[C@H]2[C@@H]3CC=C4C[C@H](OC(=O)NCCCCCN(CCCCO[C@@H]5OC(C)[C@H](O)C(O)[C@@H]5O)CCCCO[C@@H]5OC(C)[C@H](O)C(O)[C@@H]5O)CC[C@]4(C)[C@H]3CC[C@]12C. The van der Waals surface area contributed by atoms with Gasteiger partial charge in [-0.05, 0) is 163 Å². The van der Waals surface area contributed by atoms with Crippen LogP contribution in [0.25, 0.3) is 0 Å². The molecule has 14 heteroatoms. The van der Waals surface area contributed by atoms with Crippen molar-refractivity contribution in [1.29, 1.82) is 0 Å². The number of unbranched alkanes of at least 4 members (excludes halogenated alkanes) is 4. The molecule has 6 rings (SSSR count). The van der Waals surface area contributed by atoms with Crippen molar-refractivity contribution in [2.24, 2.45) is 46.3 Å². The van der Waals surface area contributed by atoms with Gasteiger partial charge >= 0.3 is 6.09 Å². The van der Waals surface area contributed by atoms with E-state index in [4.69, 9.17) is 23.7 Å². The van der Waals surface area contributed by atoms with E-state index >= 15 is 0 Å². The third-order valence-electron chi connectivity index (χ3n) is 17.9. The van der Waals surface area contributed by atoms with Crippen LogP contribution in [-0.4, -0.2) is 149 Å². The van der Waals surface area contributed by atoms with E-state index in [0.29, 0.717) is 38.0 Å². The number of aliphatic hydroxyl groups is 6. The monoisotopic (exact) mass is 951 g/mol. The van der Waals surface area contributed by atoms with Crippen LogP contribution < -0.4 is 5.32 Å². The number of fused-ring (bicyclic) bond motifs is 5. The maximum atomic E-state index is 13.1. The molecule has 6 aliphatic rings. The number of amides is 1. The van der Waals surface area contributed by atoms with Crippen molar-refractivity contribution in [3.8, 4) is 0 Å². The minimum Gasteiger partial charge on any atom is -0.446 e. The molecule has 0 aromatic rings. The first-order valence-corrected chi connectivity index (χ1v) is 26.9. The molecule has 2 heterocycles. The lowest BCUT2D eigenvalue weighted by molar-refractivity contribution is -0.293. The van der Waals surface area contributed by atoms with Crippen LogP contribution >= 0.6 is 0 Å². The number of alkyl carbamates (subject to hydrolysis) is 1. The number of nitrogens with zero attached hydrogens (tertiary/aromatic N) is 1. The van der Waals surface area contributed by atoms with Crippen molar-refractivity contribution in [2.45, 2.75) is 232 Å². The van der Waals surface area contributed by atoms with Gasteiger partial charge < -0.3 is 64.5 Å². The van der Waals surface area contributed by atoms with Crippen molar-refractivity contribution in [1.82, 2.24) is 10.2 Å². The number of aliphatic hydroxyl groups excluding tert-OH is 6. The molecule has 4 unspecified atom stereocenters. The number of carbonyl (C=O) groups excluding carboxylic acids is 1. The molecule has 18 atom stereocenters. The van der Waals surface area contributed by atoms with Crippen molar-refractivity contribution in [2.75, 3.05) is 39.4 Å². The number of nitrogens with one attached hydrogen (secondary N) is 1. The largest absolute Gasteiger partial charge is 0.446 e. The van der Waals surface area contributed by atoms with Gasteiger partial charge in [-0.15, -0.1) is 0 Å². The van der Waals surface area contributed by atoms with Crippen molar-refractivity contribution < 1.29 is 59.1 Å². The highest BCUT2D eigenvalue weighted by Crippen LogP contribution is 2.67. The average molecular weight is 951 g/mol. The summed E-state index contributed by atoms with van der Waals surface area (Å²) in [6.07, 6.45) is 10.9. The summed E-state index contributed by atoms with van der Waals surface area (Å²) in [5.41, 5.74) is 2.25. The third-order valence-corrected chi connectivity index (χ3v) is 17.9. The predicted octanol–water partition coefficient (Wildman–Crippen LogP) is 6.84. The molecule has 2 aliphatic heterocycles. The molecule has 0 aromatic carbocycles. The molecule has 0 spiro atoms. The quantitative estimate of drug-likeness (QED) is 0.0392. The van der Waals surface area contributed by atoms with Gasteiger partial charge in [0.1, 0.15) is 42.7 Å². The third kappa shape index (κ3) is 13.8. The lowest BCUT2D eigenvalue weighted by atomic mass is 9.47. The van der Waals surface area contributed by atoms with E-state index in [1.165, 1.54) is 51.4 Å². The lowest BCUT2D eigenvalue weighted by Crippen LogP contribution is -2.57. The molecule has 67 heavy (non-hydrogen) atoms. The molecule has 1 amide bonds. The zero-order valence-electron chi connectivity index (χ0n) is 42.4. The molecule has 14 nitrogen and oxygen atoms in total. The Labute approximate surface area is 403 Å². The van der Waals surface area contributed by atoms with Crippen LogP contribution in [0.15, 0.2) is 11.6 Å². The molecule has 0 bridgehead atoms. The Hall–Kier alpha value is -1.43. The molecular formula is C53H94N2O12. The van der Waals surface area contributed by atoms with Crippen molar-refractivity contribution in [3.05, 3.63) is 11.6 Å². The van der Waals surface area contributed by atoms with Crippen LogP contribution in [0.5, 0.6) is 0 Å². The van der Waals surface area contributed by atoms with Crippen LogP contribution in [0, 0.1) is 46.3 Å². The van der Waals surface area contributed by atoms with Gasteiger partial charge in [-0.1, -0.05) is 72.0 Å². The summed E-state index contributed by atoms with van der Waals surface area (Å²) >= 11 is 0. The molecule has 5 fully saturated rings. The Balaban J connectivity index is 0.890. The van der Waals surface area contributed by atoms with Gasteiger partial charge in [0.15, 0.2) is 12.6 Å². The number of hydrogen-bond acceptors (Lipinski definition) is 13. The molecule has 388 valence electrons. The normalized spacial score (nSPS) is 40.2. The first kappa shape index (κ1) is 54.9. The predicted molar refractivity (Wildman–Crippen MR) is 257 cm³/mol. The Morgan fingerprint density at radius 1 is 0.716 bits per heavy atom. The number of ether oxygens (including phenoxy) is 5. The van der Waals surface area contributed by atoms with Crippen LogP contribution in [0.1, 0.15) is 164 Å². The average Bonchev–Trinajstić information content (AvgIpc) is 3.66. The fourth-order valence-electron chi connectivity index (χ4n) is 13.7. The van der Waals surface area contributed by atoms with Gasteiger partial charge in [-0.2, -0.15) is 0 Å². The van der Waals surface area contributed by atoms with E-state index in [2.05, 4.69) is 50.9 Å². The molecule has 0 radical (unpaired) electrons. The minimum absolute atomic E-state index is 0.0664. The molecule has 3 saturated carbocycles. The number of carbonyl (C=O) groups is 1. The zero-order valence-corrected chi connectivity index (χ0v) is 42.4. The summed E-state index contributed by atoms with van der Waals surface area (Å²) in [6.45, 7) is 19.5. The highest BCUT2D eigenvalue weighted by atomic mass is 16.7. The van der Waals surface area contributed by atoms with Gasteiger partial charge in [0.25, 0.3) is 0 Å². The number of hydrogen-bond donors (Lipinski definition) is 7. The Kier molecular flexibility index (Phi) is 20.7. The van der Waals surface area contributed by atoms with E-state index < -0.39 is 61.4 Å². The summed E-state index contributed by atoms with van der Waals surface area (Å²) in [6, 6.07) is 0. The highest BCUT2D eigenvalue weighted by Gasteiger charge is 2.59. The maximum Gasteiger partial charge on any atom is 0.407 e. The minimum atomic E-state index is -1.33. The van der Waals surface area contributed by atoms with Gasteiger partial charge in [0, 0.05) is 26.2 Å². The maximum absolute atomic E-state index is 13.1. The summed E-state index contributed by atoms with van der Waals surface area (Å²) in [7, 11) is 0. The van der Waals surface area contributed by atoms with Crippen LogP contribution in [0.3, 0.4) is 0 Å². The van der Waals surface area contributed by atoms with Gasteiger partial charge in [-0.3, -0.25) is 0 Å². The highest BCUT2D eigenvalue weighted by molar-refractivity contribution is 5.67. The van der Waals surface area contributed by atoms with Crippen LogP contribution in [0.2, 0.25) is 0 Å². The summed E-state index contributed by atoms with van der Waals surface area (Å²) in [5.74, 6) is 4.86. The number of allylic oxidation sites excluding steroid dienone is 1. The van der Waals surface area contributed by atoms with E-state index in [1.54, 1.807) is 19.4 Å². The molecule has 4 aliphatic carbocycles. The van der Waals surface area contributed by atoms with E-state index in [1.807, 2.05) is 0 Å². The zero-order chi connectivity index (χ0) is 48.5. The van der Waals surface area contributed by atoms with Crippen LogP contribution in [-0.2, 0) is 23.7 Å². The summed E-state index contributed by atoms with van der Waals surface area (Å²) in [5, 5.41) is 63.9. The Morgan fingerprint density at radius 3 is 1.91 bits per heavy atom. The second-order valence-electron chi connectivity index (χ2n) is 22.9. The molecule has 2 saturated heterocycles. The van der Waals surface area contributed by atoms with E-state index in [-0.39, 0.29) is 17.6 Å². The topological polar surface area (TPSA) is 200 Å². The fraction of sp³-hybridized carbons (Fsp3) is 0.943. The van der Waals surface area contributed by atoms with Gasteiger partial charge in [0.05, 0.1) is 12.2 Å². The lowest BCUT2D eigenvalue weighted by Gasteiger charge is -2.58. The van der Waals surface area contributed by atoms with Crippen LogP contribution in [0.4, 0.5) is 4.79 Å². The summed E-state index contributed by atoms with van der Waals surface area (Å²) < 4.78 is 28.7. The molecule has 0 aromatic heterocycles. The van der Waals surface area contributed by atoms with Gasteiger partial charge in [-0.25, -0.2) is 4.79 Å². The Bertz CT molecular complexity index is 1490. The van der Waals surface area contributed by atoms with E-state index in [9.17, 15) is 35.4 Å². The van der Waals surface area contributed by atoms with Crippen molar-refractivity contribution >= 4 is 6.09 Å². The fourth-order valence-corrected chi connectivity index (χ4v) is 13.7. The summed E-state index contributed by atoms with van der Waals surface area (Å²) in [4.78, 5) is 15.5. The van der Waals surface area contributed by atoms with E-state index in [0.717, 1.165) is 107 Å². The number of rotatable bonds is 24. The van der Waals surface area contributed by atoms with Gasteiger partial charge in [0.2, 0.25) is 0 Å². The second kappa shape index (κ2) is 25.3. The Morgan fingerprint density at radius 2 is 1.31 bits per heavy atom. The standard InChI is InChI=1S/C53H94N2O12/c1-33(2)16-15-17-34(3)40-20-21-41-39-19-18-37-32-38(22-24-52(37,6)42(39)23-25-53(40,41)7)67-51(62)54-26-9-8-10-27-55(28-11-13-30-63-49-47(60)45(58)43(56)35(4)65-49)29-12-14-31-64-50-48(61)46(59)44(57)36(5)66-50/h18,33-36,38-50,56-61H,8-17,19-32H2,1-7H3,(H,54,62)/t34-,35?,36?,38-,39+,40-,41+,42+,43+,44+,45?,46?,47+,48+,49-,50-,52+,53-/m1/s1. The molecule has 7 N–H and O–H groups in total. The first-order valence-electron chi connectivity index (χ1n) is 26.9. The van der Waals surface area contributed by atoms with Crippen molar-refractivity contribution in [3.63, 3.8) is 0 Å². The smallest absolute Gasteiger partial charge is 0.407 e. The molecular weight excluding hydrogens is 857 g/mol. The second-order valence-corrected chi connectivity index (χ2v) is 22.9. The first-order chi connectivity index (χ1) is 31.9.